The molecule has 0 bridgehead atoms. The van der Waals surface area contributed by atoms with Gasteiger partial charge in [0.1, 0.15) is 6.54 Å². The van der Waals surface area contributed by atoms with Gasteiger partial charge in [0.15, 0.2) is 0 Å². The van der Waals surface area contributed by atoms with E-state index in [1.165, 1.54) is 12.0 Å². The molecule has 1 fully saturated rings. The van der Waals surface area contributed by atoms with Crippen molar-refractivity contribution in [1.29, 1.82) is 0 Å². The molecule has 118 valence electrons. The molecule has 1 N–H and O–H groups in total. The fraction of sp³-hybridized carbons (Fsp3) is 0.706. The summed E-state index contributed by atoms with van der Waals surface area (Å²) >= 11 is 0. The second kappa shape index (κ2) is 8.23. The second-order valence-electron chi connectivity index (χ2n) is 5.97. The summed E-state index contributed by atoms with van der Waals surface area (Å²) in [4.78, 5) is 14.3. The summed E-state index contributed by atoms with van der Waals surface area (Å²) in [5.41, 5.74) is 1.29. The smallest absolute Gasteiger partial charge is 0.242 e. The highest BCUT2D eigenvalue weighted by molar-refractivity contribution is 5.76. The van der Waals surface area contributed by atoms with Gasteiger partial charge < -0.3 is 14.8 Å². The molecule has 2 rings (SSSR count). The van der Waals surface area contributed by atoms with E-state index in [1.54, 1.807) is 0 Å². The van der Waals surface area contributed by atoms with Crippen LogP contribution in [0.1, 0.15) is 57.6 Å². The molecular weight excluding hydrogens is 262 g/mol. The van der Waals surface area contributed by atoms with E-state index in [1.807, 2.05) is 15.7 Å². The van der Waals surface area contributed by atoms with E-state index in [0.717, 1.165) is 45.3 Å². The molecule has 0 aliphatic carbocycles. The van der Waals surface area contributed by atoms with Crippen LogP contribution in [0.3, 0.4) is 0 Å². The lowest BCUT2D eigenvalue weighted by atomic mass is 10.1. The maximum Gasteiger partial charge on any atom is 0.242 e. The largest absolute Gasteiger partial charge is 0.345 e. The average molecular weight is 291 g/mol. The first-order valence-corrected chi connectivity index (χ1v) is 8.41. The third-order valence-corrected chi connectivity index (χ3v) is 4.25. The van der Waals surface area contributed by atoms with Gasteiger partial charge >= 0.3 is 0 Å². The predicted octanol–water partition coefficient (Wildman–Crippen LogP) is 2.95. The van der Waals surface area contributed by atoms with Gasteiger partial charge in [-0.2, -0.15) is 0 Å². The third kappa shape index (κ3) is 4.60. The van der Waals surface area contributed by atoms with Gasteiger partial charge in [0.2, 0.25) is 5.91 Å². The summed E-state index contributed by atoms with van der Waals surface area (Å²) in [5.74, 6) is 0.256. The van der Waals surface area contributed by atoms with Crippen molar-refractivity contribution in [2.75, 3.05) is 19.6 Å². The number of carbonyl (C=O) groups is 1. The van der Waals surface area contributed by atoms with Crippen molar-refractivity contribution < 1.29 is 4.79 Å². The van der Waals surface area contributed by atoms with Crippen LogP contribution in [-0.4, -0.2) is 35.0 Å². The fourth-order valence-electron chi connectivity index (χ4n) is 2.98. The van der Waals surface area contributed by atoms with E-state index < -0.39 is 0 Å². The summed E-state index contributed by atoms with van der Waals surface area (Å²) in [6, 6.07) is 2.54. The molecule has 21 heavy (non-hydrogen) atoms. The third-order valence-electron chi connectivity index (χ3n) is 4.25. The number of hydrogen-bond acceptors (Lipinski definition) is 2. The number of aromatic nitrogens is 1. The molecule has 1 aliphatic heterocycles. The molecule has 2 heterocycles. The minimum absolute atomic E-state index is 0.256. The lowest BCUT2D eigenvalue weighted by molar-refractivity contribution is -0.132. The minimum atomic E-state index is 0.256. The van der Waals surface area contributed by atoms with E-state index in [-0.39, 0.29) is 5.91 Å². The van der Waals surface area contributed by atoms with Crippen molar-refractivity contribution in [3.05, 3.63) is 24.0 Å². The monoisotopic (exact) mass is 291 g/mol. The van der Waals surface area contributed by atoms with Gasteiger partial charge in [0.05, 0.1) is 0 Å². The van der Waals surface area contributed by atoms with E-state index in [4.69, 9.17) is 0 Å². The van der Waals surface area contributed by atoms with E-state index in [2.05, 4.69) is 31.4 Å². The molecular formula is C17H29N3O. The molecule has 1 aliphatic rings. The normalized spacial score (nSPS) is 17.0. The maximum absolute atomic E-state index is 12.3. The maximum atomic E-state index is 12.3. The number of carbonyl (C=O) groups excluding carboxylic acids is 1. The average Bonchev–Trinajstić information content (AvgIpc) is 2.97. The predicted molar refractivity (Wildman–Crippen MR) is 86.2 cm³/mol. The number of amides is 1. The highest BCUT2D eigenvalue weighted by Gasteiger charge is 2.17. The number of nitrogens with zero attached hydrogens (tertiary/aromatic N) is 2. The van der Waals surface area contributed by atoms with Gasteiger partial charge in [-0.3, -0.25) is 4.79 Å². The van der Waals surface area contributed by atoms with Crippen LogP contribution in [0.2, 0.25) is 0 Å². The molecule has 0 saturated carbocycles. The Morgan fingerprint density at radius 2 is 2.05 bits per heavy atom. The summed E-state index contributed by atoms with van der Waals surface area (Å²) in [7, 11) is 0. The Morgan fingerprint density at radius 1 is 1.29 bits per heavy atom. The molecule has 1 aromatic heterocycles. The van der Waals surface area contributed by atoms with Crippen LogP contribution >= 0.6 is 0 Å². The Bertz CT molecular complexity index is 435. The Labute approximate surface area is 128 Å². The molecule has 1 unspecified atom stereocenters. The first kappa shape index (κ1) is 16.1. The van der Waals surface area contributed by atoms with Crippen LogP contribution in [0.5, 0.6) is 0 Å². The van der Waals surface area contributed by atoms with Crippen LogP contribution < -0.4 is 5.32 Å². The first-order valence-electron chi connectivity index (χ1n) is 8.41. The Balaban J connectivity index is 1.90. The number of piperidine rings is 1. The van der Waals surface area contributed by atoms with Crippen molar-refractivity contribution in [3.8, 4) is 0 Å². The van der Waals surface area contributed by atoms with Crippen molar-refractivity contribution in [1.82, 2.24) is 14.8 Å². The molecule has 1 atom stereocenters. The molecule has 1 amide bonds. The molecule has 4 nitrogen and oxygen atoms in total. The molecule has 0 spiro atoms. The minimum Gasteiger partial charge on any atom is -0.345 e. The Hall–Kier alpha value is -1.29. The number of hydrogen-bond donors (Lipinski definition) is 1. The van der Waals surface area contributed by atoms with Crippen LogP contribution in [0.25, 0.3) is 0 Å². The van der Waals surface area contributed by atoms with Gasteiger partial charge in [0.25, 0.3) is 0 Å². The fourth-order valence-corrected chi connectivity index (χ4v) is 2.98. The lowest BCUT2D eigenvalue weighted by Crippen LogP contribution is -2.37. The zero-order chi connectivity index (χ0) is 15.1. The van der Waals surface area contributed by atoms with Crippen LogP contribution in [-0.2, 0) is 11.3 Å². The zero-order valence-corrected chi connectivity index (χ0v) is 13.5. The molecule has 0 aromatic carbocycles. The molecule has 4 heteroatoms. The Kier molecular flexibility index (Phi) is 6.30. The standard InChI is InChI=1S/C17H29N3O/c1-3-9-18-16(4-2)15-8-12-19(13-15)14-17(21)20-10-6-5-7-11-20/h8,12-13,16,18H,3-7,9-11,14H2,1-2H3. The van der Waals surface area contributed by atoms with Gasteiger partial charge in [-0.15, -0.1) is 0 Å². The van der Waals surface area contributed by atoms with Gasteiger partial charge in [-0.25, -0.2) is 0 Å². The molecule has 1 saturated heterocycles. The lowest BCUT2D eigenvalue weighted by Gasteiger charge is -2.26. The quantitative estimate of drug-likeness (QED) is 0.838. The number of likely N-dealkylation sites (tertiary alicyclic amines) is 1. The summed E-state index contributed by atoms with van der Waals surface area (Å²) in [6.45, 7) is 7.76. The van der Waals surface area contributed by atoms with Crippen molar-refractivity contribution >= 4 is 5.91 Å². The summed E-state index contributed by atoms with van der Waals surface area (Å²) in [6.07, 6.45) is 9.95. The SMILES string of the molecule is CCCNC(CC)c1ccn(CC(=O)N2CCCCC2)c1. The zero-order valence-electron chi connectivity index (χ0n) is 13.5. The van der Waals surface area contributed by atoms with Crippen molar-refractivity contribution in [2.24, 2.45) is 0 Å². The molecule has 1 aromatic rings. The second-order valence-corrected chi connectivity index (χ2v) is 5.97. The van der Waals surface area contributed by atoms with Crippen LogP contribution in [0.15, 0.2) is 18.5 Å². The van der Waals surface area contributed by atoms with E-state index in [9.17, 15) is 4.79 Å². The first-order chi connectivity index (χ1) is 10.2. The van der Waals surface area contributed by atoms with Crippen molar-refractivity contribution in [3.63, 3.8) is 0 Å². The van der Waals surface area contributed by atoms with Gasteiger partial charge in [-0.1, -0.05) is 13.8 Å². The van der Waals surface area contributed by atoms with Gasteiger partial charge in [0, 0.05) is 31.5 Å². The highest BCUT2D eigenvalue weighted by Crippen LogP contribution is 2.17. The summed E-state index contributed by atoms with van der Waals surface area (Å²) < 4.78 is 2.03. The Morgan fingerprint density at radius 3 is 2.71 bits per heavy atom. The summed E-state index contributed by atoms with van der Waals surface area (Å²) in [5, 5.41) is 3.56. The highest BCUT2D eigenvalue weighted by atomic mass is 16.2. The van der Waals surface area contributed by atoms with Gasteiger partial charge in [-0.05, 0) is 50.3 Å². The van der Waals surface area contributed by atoms with Crippen LogP contribution in [0.4, 0.5) is 0 Å². The molecule has 0 radical (unpaired) electrons. The van der Waals surface area contributed by atoms with E-state index >= 15 is 0 Å². The number of rotatable bonds is 7. The van der Waals surface area contributed by atoms with Crippen LogP contribution in [0, 0.1) is 0 Å². The van der Waals surface area contributed by atoms with E-state index in [0.29, 0.717) is 12.6 Å². The van der Waals surface area contributed by atoms with Crippen molar-refractivity contribution in [2.45, 2.75) is 58.5 Å². The topological polar surface area (TPSA) is 37.3 Å². The number of nitrogens with one attached hydrogen (secondary N) is 1.